The van der Waals surface area contributed by atoms with E-state index in [4.69, 9.17) is 5.11 Å². The number of carbonyl (C=O) groups excluding carboxylic acids is 1. The number of aromatic carboxylic acids is 1. The van der Waals surface area contributed by atoms with Crippen LogP contribution in [0, 0.1) is 13.8 Å². The standard InChI is InChI=1S/C16H16N2O5/c1-9-5-12(19)6-10(2)18(9)8-15(21)17-11-3-4-14(20)13(7-11)16(22)23/h3-7,20H,8H2,1-2H3,(H,17,21)(H,22,23). The molecular formula is C16H16N2O5. The van der Waals surface area contributed by atoms with Crippen LogP contribution in [0.4, 0.5) is 5.69 Å². The summed E-state index contributed by atoms with van der Waals surface area (Å²) in [6, 6.07) is 6.66. The van der Waals surface area contributed by atoms with E-state index in [1.807, 2.05) is 0 Å². The van der Waals surface area contributed by atoms with Crippen molar-refractivity contribution in [2.45, 2.75) is 20.4 Å². The lowest BCUT2D eigenvalue weighted by Gasteiger charge is -2.14. The average molecular weight is 316 g/mol. The van der Waals surface area contributed by atoms with E-state index in [1.54, 1.807) is 18.4 Å². The van der Waals surface area contributed by atoms with Crippen LogP contribution in [0.15, 0.2) is 35.1 Å². The lowest BCUT2D eigenvalue weighted by Crippen LogP contribution is -2.23. The van der Waals surface area contributed by atoms with Crippen molar-refractivity contribution in [2.75, 3.05) is 5.32 Å². The van der Waals surface area contributed by atoms with Gasteiger partial charge in [0.1, 0.15) is 17.9 Å². The van der Waals surface area contributed by atoms with Gasteiger partial charge in [0.2, 0.25) is 5.91 Å². The molecule has 1 aromatic carbocycles. The topological polar surface area (TPSA) is 109 Å². The number of nitrogens with one attached hydrogen (secondary N) is 1. The Balaban J connectivity index is 2.19. The number of carbonyl (C=O) groups is 2. The summed E-state index contributed by atoms with van der Waals surface area (Å²) in [4.78, 5) is 34.5. The molecular weight excluding hydrogens is 300 g/mol. The van der Waals surface area contributed by atoms with Crippen molar-refractivity contribution in [3.8, 4) is 5.75 Å². The van der Waals surface area contributed by atoms with E-state index in [-0.39, 0.29) is 34.9 Å². The molecule has 0 aliphatic carbocycles. The minimum atomic E-state index is -1.29. The Morgan fingerprint density at radius 2 is 1.74 bits per heavy atom. The highest BCUT2D eigenvalue weighted by Crippen LogP contribution is 2.21. The molecule has 120 valence electrons. The number of rotatable bonds is 4. The van der Waals surface area contributed by atoms with E-state index in [2.05, 4.69) is 5.32 Å². The normalized spacial score (nSPS) is 10.3. The second kappa shape index (κ2) is 6.35. The number of carboxylic acids is 1. The van der Waals surface area contributed by atoms with Crippen LogP contribution in [0.25, 0.3) is 0 Å². The van der Waals surface area contributed by atoms with E-state index in [0.29, 0.717) is 11.4 Å². The van der Waals surface area contributed by atoms with Crippen molar-refractivity contribution in [2.24, 2.45) is 0 Å². The first-order valence-corrected chi connectivity index (χ1v) is 6.82. The highest BCUT2D eigenvalue weighted by molar-refractivity contribution is 5.95. The van der Waals surface area contributed by atoms with Crippen LogP contribution in [-0.4, -0.2) is 26.7 Å². The summed E-state index contributed by atoms with van der Waals surface area (Å²) in [5.74, 6) is -2.03. The molecule has 0 saturated heterocycles. The summed E-state index contributed by atoms with van der Waals surface area (Å²) < 4.78 is 1.68. The summed E-state index contributed by atoms with van der Waals surface area (Å²) in [5.41, 5.74) is 1.16. The minimum absolute atomic E-state index is 0.0127. The van der Waals surface area contributed by atoms with Crippen molar-refractivity contribution in [3.05, 3.63) is 57.5 Å². The van der Waals surface area contributed by atoms with Crippen molar-refractivity contribution in [1.82, 2.24) is 4.57 Å². The van der Waals surface area contributed by atoms with Gasteiger partial charge < -0.3 is 20.1 Å². The molecule has 7 nitrogen and oxygen atoms in total. The molecule has 0 atom stereocenters. The number of carboxylic acid groups (broad SMARTS) is 1. The first kappa shape index (κ1) is 16.3. The zero-order valence-corrected chi connectivity index (χ0v) is 12.7. The third kappa shape index (κ3) is 3.76. The summed E-state index contributed by atoms with van der Waals surface area (Å²) in [7, 11) is 0. The first-order valence-electron chi connectivity index (χ1n) is 6.82. The number of amides is 1. The fourth-order valence-corrected chi connectivity index (χ4v) is 2.27. The van der Waals surface area contributed by atoms with Gasteiger partial charge in [-0.3, -0.25) is 9.59 Å². The van der Waals surface area contributed by atoms with Gasteiger partial charge >= 0.3 is 5.97 Å². The fourth-order valence-electron chi connectivity index (χ4n) is 2.27. The van der Waals surface area contributed by atoms with Crippen LogP contribution in [0.1, 0.15) is 21.7 Å². The van der Waals surface area contributed by atoms with E-state index in [9.17, 15) is 19.5 Å². The van der Waals surface area contributed by atoms with Gasteiger partial charge in [-0.05, 0) is 32.0 Å². The predicted octanol–water partition coefficient (Wildman–Crippen LogP) is 1.51. The van der Waals surface area contributed by atoms with Gasteiger partial charge in [0.25, 0.3) is 0 Å². The van der Waals surface area contributed by atoms with Crippen LogP contribution in [0.2, 0.25) is 0 Å². The fraction of sp³-hybridized carbons (Fsp3) is 0.188. The van der Waals surface area contributed by atoms with Crippen molar-refractivity contribution in [1.29, 1.82) is 0 Å². The lowest BCUT2D eigenvalue weighted by molar-refractivity contribution is -0.116. The molecule has 0 unspecified atom stereocenters. The van der Waals surface area contributed by atoms with Gasteiger partial charge in [0.05, 0.1) is 0 Å². The number of phenols is 1. The highest BCUT2D eigenvalue weighted by atomic mass is 16.4. The van der Waals surface area contributed by atoms with Gasteiger partial charge in [-0.1, -0.05) is 0 Å². The van der Waals surface area contributed by atoms with Crippen molar-refractivity contribution in [3.63, 3.8) is 0 Å². The number of pyridine rings is 1. The summed E-state index contributed by atoms with van der Waals surface area (Å²) in [6.45, 7) is 3.44. The lowest BCUT2D eigenvalue weighted by atomic mass is 10.2. The second-order valence-corrected chi connectivity index (χ2v) is 5.15. The molecule has 23 heavy (non-hydrogen) atoms. The number of hydrogen-bond acceptors (Lipinski definition) is 4. The van der Waals surface area contributed by atoms with Crippen molar-refractivity contribution >= 4 is 17.6 Å². The Morgan fingerprint density at radius 1 is 1.13 bits per heavy atom. The maximum atomic E-state index is 12.1. The summed E-state index contributed by atoms with van der Waals surface area (Å²) in [6.07, 6.45) is 0. The molecule has 0 radical (unpaired) electrons. The predicted molar refractivity (Wildman–Crippen MR) is 83.9 cm³/mol. The van der Waals surface area contributed by atoms with Gasteiger partial charge in [0.15, 0.2) is 5.43 Å². The highest BCUT2D eigenvalue weighted by Gasteiger charge is 2.12. The van der Waals surface area contributed by atoms with Gasteiger partial charge in [-0.15, -0.1) is 0 Å². The van der Waals surface area contributed by atoms with Gasteiger partial charge in [0, 0.05) is 29.2 Å². The molecule has 1 aromatic heterocycles. The van der Waals surface area contributed by atoms with Crippen LogP contribution in [-0.2, 0) is 11.3 Å². The Kier molecular flexibility index (Phi) is 4.49. The number of anilines is 1. The quantitative estimate of drug-likeness (QED) is 0.741. The summed E-state index contributed by atoms with van der Waals surface area (Å²) >= 11 is 0. The van der Waals surface area contributed by atoms with Gasteiger partial charge in [-0.25, -0.2) is 4.79 Å². The Bertz CT molecular complexity index is 813. The average Bonchev–Trinajstić information content (AvgIpc) is 2.44. The molecule has 1 heterocycles. The van der Waals surface area contributed by atoms with Crippen LogP contribution in [0.3, 0.4) is 0 Å². The van der Waals surface area contributed by atoms with Crippen LogP contribution >= 0.6 is 0 Å². The van der Waals surface area contributed by atoms with Crippen molar-refractivity contribution < 1.29 is 19.8 Å². The molecule has 0 saturated carbocycles. The number of nitrogens with zero attached hydrogens (tertiary/aromatic N) is 1. The number of aryl methyl sites for hydroxylation is 2. The molecule has 7 heteroatoms. The Hall–Kier alpha value is -3.09. The monoisotopic (exact) mass is 316 g/mol. The van der Waals surface area contributed by atoms with E-state index in [1.165, 1.54) is 30.3 Å². The summed E-state index contributed by atoms with van der Waals surface area (Å²) in [5, 5.41) is 21.0. The maximum absolute atomic E-state index is 12.1. The minimum Gasteiger partial charge on any atom is -0.507 e. The molecule has 0 aliphatic heterocycles. The maximum Gasteiger partial charge on any atom is 0.339 e. The first-order chi connectivity index (χ1) is 10.8. The zero-order valence-electron chi connectivity index (χ0n) is 12.7. The third-order valence-corrected chi connectivity index (χ3v) is 3.37. The third-order valence-electron chi connectivity index (χ3n) is 3.37. The van der Waals surface area contributed by atoms with Crippen LogP contribution in [0.5, 0.6) is 5.75 Å². The Labute approximate surface area is 131 Å². The van der Waals surface area contributed by atoms with Crippen LogP contribution < -0.4 is 10.7 Å². The smallest absolute Gasteiger partial charge is 0.339 e. The van der Waals surface area contributed by atoms with E-state index < -0.39 is 5.97 Å². The zero-order chi connectivity index (χ0) is 17.1. The molecule has 3 N–H and O–H groups in total. The molecule has 0 aliphatic rings. The number of benzene rings is 1. The largest absolute Gasteiger partial charge is 0.507 e. The van der Waals surface area contributed by atoms with E-state index in [0.717, 1.165) is 0 Å². The van der Waals surface area contributed by atoms with E-state index >= 15 is 0 Å². The molecule has 0 spiro atoms. The number of aromatic hydroxyl groups is 1. The molecule has 0 fully saturated rings. The Morgan fingerprint density at radius 3 is 2.30 bits per heavy atom. The molecule has 1 amide bonds. The number of aromatic nitrogens is 1. The molecule has 2 rings (SSSR count). The van der Waals surface area contributed by atoms with Gasteiger partial charge in [-0.2, -0.15) is 0 Å². The molecule has 2 aromatic rings. The number of hydrogen-bond donors (Lipinski definition) is 3. The SMILES string of the molecule is Cc1cc(=O)cc(C)n1CC(=O)Nc1ccc(O)c(C(=O)O)c1. The molecule has 0 bridgehead atoms. The second-order valence-electron chi connectivity index (χ2n) is 5.15.